The van der Waals surface area contributed by atoms with Gasteiger partial charge in [0.15, 0.2) is 6.04 Å². The van der Waals surface area contributed by atoms with Crippen molar-refractivity contribution in [2.24, 2.45) is 5.73 Å². The summed E-state index contributed by atoms with van der Waals surface area (Å²) in [7, 11) is 1.62. The predicted molar refractivity (Wildman–Crippen MR) is 65.8 cm³/mol. The maximum atomic E-state index is 12.1. The minimum Gasteiger partial charge on any atom is -0.464 e. The molecule has 18 heavy (non-hydrogen) atoms. The number of hydrogen-bond acceptors (Lipinski definition) is 5. The van der Waals surface area contributed by atoms with Gasteiger partial charge in [0, 0.05) is 20.2 Å². The first-order chi connectivity index (χ1) is 8.43. The number of likely N-dealkylation sites (tertiary alicyclic amines) is 1. The molecule has 0 aromatic rings. The lowest BCUT2D eigenvalue weighted by molar-refractivity contribution is -0.153. The van der Waals surface area contributed by atoms with Crippen LogP contribution in [0.5, 0.6) is 0 Å². The van der Waals surface area contributed by atoms with Crippen LogP contribution in [0.1, 0.15) is 26.7 Å². The van der Waals surface area contributed by atoms with E-state index in [1.807, 2.05) is 6.92 Å². The number of nitrogens with zero attached hydrogens (tertiary/aromatic N) is 1. The van der Waals surface area contributed by atoms with E-state index >= 15 is 0 Å². The van der Waals surface area contributed by atoms with Gasteiger partial charge in [0.1, 0.15) is 0 Å². The lowest BCUT2D eigenvalue weighted by Gasteiger charge is -2.40. The van der Waals surface area contributed by atoms with Crippen molar-refractivity contribution in [3.8, 4) is 0 Å². The van der Waals surface area contributed by atoms with Crippen LogP contribution in [-0.2, 0) is 19.1 Å². The minimum atomic E-state index is -1.23. The SMILES string of the molecule is CCOC(=O)C(N)C(=O)N1CCCC(C)(OC)C1. The van der Waals surface area contributed by atoms with E-state index in [0.29, 0.717) is 13.1 Å². The molecule has 0 radical (unpaired) electrons. The Hall–Kier alpha value is -1.14. The quantitative estimate of drug-likeness (QED) is 0.562. The van der Waals surface area contributed by atoms with E-state index in [1.165, 1.54) is 0 Å². The molecule has 1 aliphatic heterocycles. The van der Waals surface area contributed by atoms with Gasteiger partial charge in [-0.3, -0.25) is 4.79 Å². The van der Waals surface area contributed by atoms with Crippen molar-refractivity contribution in [1.29, 1.82) is 0 Å². The van der Waals surface area contributed by atoms with Crippen LogP contribution in [0.2, 0.25) is 0 Å². The average molecular weight is 258 g/mol. The lowest BCUT2D eigenvalue weighted by Crippen LogP contribution is -2.56. The molecule has 0 bridgehead atoms. The number of nitrogens with two attached hydrogens (primary N) is 1. The number of piperidine rings is 1. The van der Waals surface area contributed by atoms with Gasteiger partial charge in [0.05, 0.1) is 12.2 Å². The van der Waals surface area contributed by atoms with E-state index in [4.69, 9.17) is 15.2 Å². The lowest BCUT2D eigenvalue weighted by atomic mass is 9.94. The number of methoxy groups -OCH3 is 1. The third-order valence-electron chi connectivity index (χ3n) is 3.27. The van der Waals surface area contributed by atoms with Crippen molar-refractivity contribution < 1.29 is 19.1 Å². The van der Waals surface area contributed by atoms with Gasteiger partial charge in [-0.05, 0) is 26.7 Å². The Kier molecular flexibility index (Phi) is 5.10. The Morgan fingerprint density at radius 1 is 1.50 bits per heavy atom. The Balaban J connectivity index is 2.63. The minimum absolute atomic E-state index is 0.218. The number of hydrogen-bond donors (Lipinski definition) is 1. The van der Waals surface area contributed by atoms with Crippen LogP contribution >= 0.6 is 0 Å². The van der Waals surface area contributed by atoms with Crippen molar-refractivity contribution in [2.75, 3.05) is 26.8 Å². The fourth-order valence-electron chi connectivity index (χ4n) is 2.09. The summed E-state index contributed by atoms with van der Waals surface area (Å²) in [5.74, 6) is -1.07. The normalized spacial score (nSPS) is 25.7. The standard InChI is InChI=1S/C12H22N2O4/c1-4-18-11(16)9(13)10(15)14-7-5-6-12(2,8-14)17-3/h9H,4-8,13H2,1-3H3. The first kappa shape index (κ1) is 14.9. The molecule has 0 spiro atoms. The van der Waals surface area contributed by atoms with Gasteiger partial charge in [-0.15, -0.1) is 0 Å². The van der Waals surface area contributed by atoms with Crippen molar-refractivity contribution >= 4 is 11.9 Å². The number of rotatable bonds is 4. The zero-order chi connectivity index (χ0) is 13.8. The zero-order valence-corrected chi connectivity index (χ0v) is 11.3. The second-order valence-corrected chi connectivity index (χ2v) is 4.75. The van der Waals surface area contributed by atoms with E-state index in [2.05, 4.69) is 0 Å². The summed E-state index contributed by atoms with van der Waals surface area (Å²) < 4.78 is 10.1. The zero-order valence-electron chi connectivity index (χ0n) is 11.3. The molecular formula is C12H22N2O4. The molecule has 0 aromatic heterocycles. The van der Waals surface area contributed by atoms with Crippen LogP contribution in [-0.4, -0.2) is 55.2 Å². The molecule has 2 atom stereocenters. The van der Waals surface area contributed by atoms with Gasteiger partial charge in [-0.25, -0.2) is 4.79 Å². The van der Waals surface area contributed by atoms with Crippen LogP contribution in [0.4, 0.5) is 0 Å². The average Bonchev–Trinajstić information content (AvgIpc) is 2.37. The van der Waals surface area contributed by atoms with Crippen molar-refractivity contribution in [3.63, 3.8) is 0 Å². The molecule has 2 N–H and O–H groups in total. The van der Waals surface area contributed by atoms with Crippen molar-refractivity contribution in [3.05, 3.63) is 0 Å². The number of amides is 1. The second-order valence-electron chi connectivity index (χ2n) is 4.75. The number of esters is 1. The molecule has 6 nitrogen and oxygen atoms in total. The van der Waals surface area contributed by atoms with E-state index in [9.17, 15) is 9.59 Å². The highest BCUT2D eigenvalue weighted by Crippen LogP contribution is 2.24. The van der Waals surface area contributed by atoms with Crippen LogP contribution in [0.25, 0.3) is 0 Å². The van der Waals surface area contributed by atoms with Crippen LogP contribution < -0.4 is 5.73 Å². The smallest absolute Gasteiger partial charge is 0.332 e. The van der Waals surface area contributed by atoms with E-state index in [0.717, 1.165) is 12.8 Å². The van der Waals surface area contributed by atoms with E-state index in [1.54, 1.807) is 18.9 Å². The fourth-order valence-corrected chi connectivity index (χ4v) is 2.09. The molecule has 104 valence electrons. The number of ether oxygens (including phenoxy) is 2. The second kappa shape index (κ2) is 6.15. The maximum Gasteiger partial charge on any atom is 0.332 e. The summed E-state index contributed by atoms with van der Waals surface area (Å²) in [6, 6.07) is -1.23. The largest absolute Gasteiger partial charge is 0.464 e. The molecule has 2 unspecified atom stereocenters. The third kappa shape index (κ3) is 3.43. The number of carbonyl (C=O) groups is 2. The summed E-state index contributed by atoms with van der Waals surface area (Å²) in [6.07, 6.45) is 1.73. The molecule has 1 heterocycles. The highest BCUT2D eigenvalue weighted by Gasteiger charge is 2.36. The molecule has 0 aromatic carbocycles. The van der Waals surface area contributed by atoms with Gasteiger partial charge in [-0.2, -0.15) is 0 Å². The first-order valence-corrected chi connectivity index (χ1v) is 6.19. The Morgan fingerprint density at radius 3 is 2.72 bits per heavy atom. The molecule has 0 aliphatic carbocycles. The molecular weight excluding hydrogens is 236 g/mol. The topological polar surface area (TPSA) is 81.9 Å². The summed E-state index contributed by atoms with van der Waals surface area (Å²) >= 11 is 0. The Labute approximate surface area is 107 Å². The molecule has 6 heteroatoms. The molecule has 1 rings (SSSR count). The highest BCUT2D eigenvalue weighted by molar-refractivity contribution is 6.01. The molecule has 1 amide bonds. The van der Waals surface area contributed by atoms with Gasteiger partial charge < -0.3 is 20.1 Å². The Morgan fingerprint density at radius 2 is 2.17 bits per heavy atom. The molecule has 0 saturated carbocycles. The number of carbonyl (C=O) groups excluding carboxylic acids is 2. The van der Waals surface area contributed by atoms with Crippen LogP contribution in [0, 0.1) is 0 Å². The highest BCUT2D eigenvalue weighted by atomic mass is 16.5. The van der Waals surface area contributed by atoms with E-state index in [-0.39, 0.29) is 12.2 Å². The third-order valence-corrected chi connectivity index (χ3v) is 3.27. The van der Waals surface area contributed by atoms with Gasteiger partial charge in [-0.1, -0.05) is 0 Å². The molecule has 1 saturated heterocycles. The van der Waals surface area contributed by atoms with E-state index < -0.39 is 17.9 Å². The van der Waals surface area contributed by atoms with Crippen LogP contribution in [0.3, 0.4) is 0 Å². The van der Waals surface area contributed by atoms with Gasteiger partial charge in [0.2, 0.25) is 0 Å². The Bertz CT molecular complexity index is 321. The first-order valence-electron chi connectivity index (χ1n) is 6.19. The van der Waals surface area contributed by atoms with Crippen LogP contribution in [0.15, 0.2) is 0 Å². The summed E-state index contributed by atoms with van der Waals surface area (Å²) in [5, 5.41) is 0. The molecule has 1 fully saturated rings. The van der Waals surface area contributed by atoms with Crippen molar-refractivity contribution in [1.82, 2.24) is 4.90 Å². The summed E-state index contributed by atoms with van der Waals surface area (Å²) in [4.78, 5) is 25.1. The monoisotopic (exact) mass is 258 g/mol. The maximum absolute atomic E-state index is 12.1. The predicted octanol–water partition coefficient (Wildman–Crippen LogP) is -0.0957. The van der Waals surface area contributed by atoms with Gasteiger partial charge >= 0.3 is 5.97 Å². The summed E-state index contributed by atoms with van der Waals surface area (Å²) in [6.45, 7) is 4.90. The van der Waals surface area contributed by atoms with Gasteiger partial charge in [0.25, 0.3) is 5.91 Å². The fraction of sp³-hybridized carbons (Fsp3) is 0.833. The van der Waals surface area contributed by atoms with Crippen molar-refractivity contribution in [2.45, 2.75) is 38.3 Å². The molecule has 1 aliphatic rings. The summed E-state index contributed by atoms with van der Waals surface area (Å²) in [5.41, 5.74) is 5.24.